The molecule has 0 radical (unpaired) electrons. The SMILES string of the molecule is COc1ccc(CNCc2cnc(C(C)C)c(C)c2)cc1OC. The molecule has 0 amide bonds. The fourth-order valence-corrected chi connectivity index (χ4v) is 2.69. The van der Waals surface area contributed by atoms with Crippen LogP contribution in [0.5, 0.6) is 11.5 Å². The van der Waals surface area contributed by atoms with Gasteiger partial charge in [-0.1, -0.05) is 26.0 Å². The van der Waals surface area contributed by atoms with Gasteiger partial charge in [0.25, 0.3) is 0 Å². The Bertz CT molecular complexity index is 654. The van der Waals surface area contributed by atoms with Gasteiger partial charge in [0.1, 0.15) is 0 Å². The third-order valence-electron chi connectivity index (χ3n) is 3.83. The largest absolute Gasteiger partial charge is 0.493 e. The van der Waals surface area contributed by atoms with Crippen LogP contribution in [-0.2, 0) is 13.1 Å². The summed E-state index contributed by atoms with van der Waals surface area (Å²) in [6, 6.07) is 8.18. The van der Waals surface area contributed by atoms with Gasteiger partial charge >= 0.3 is 0 Å². The maximum Gasteiger partial charge on any atom is 0.161 e. The van der Waals surface area contributed by atoms with Crippen molar-refractivity contribution in [3.8, 4) is 11.5 Å². The Morgan fingerprint density at radius 2 is 1.70 bits per heavy atom. The van der Waals surface area contributed by atoms with Gasteiger partial charge in [0, 0.05) is 25.0 Å². The number of nitrogens with zero attached hydrogens (tertiary/aromatic N) is 1. The monoisotopic (exact) mass is 314 g/mol. The van der Waals surface area contributed by atoms with Crippen LogP contribution in [0.3, 0.4) is 0 Å². The highest BCUT2D eigenvalue weighted by Gasteiger charge is 2.07. The van der Waals surface area contributed by atoms with E-state index in [2.05, 4.69) is 37.1 Å². The summed E-state index contributed by atoms with van der Waals surface area (Å²) >= 11 is 0. The summed E-state index contributed by atoms with van der Waals surface area (Å²) in [5.41, 5.74) is 4.79. The predicted molar refractivity (Wildman–Crippen MR) is 93.2 cm³/mol. The van der Waals surface area contributed by atoms with E-state index < -0.39 is 0 Å². The summed E-state index contributed by atoms with van der Waals surface area (Å²) in [6.07, 6.45) is 1.96. The molecular formula is C19H26N2O2. The minimum atomic E-state index is 0.462. The van der Waals surface area contributed by atoms with Crippen molar-refractivity contribution < 1.29 is 9.47 Å². The molecule has 2 rings (SSSR count). The third-order valence-corrected chi connectivity index (χ3v) is 3.83. The zero-order chi connectivity index (χ0) is 16.8. The summed E-state index contributed by atoms with van der Waals surface area (Å²) in [7, 11) is 3.30. The topological polar surface area (TPSA) is 43.4 Å². The van der Waals surface area contributed by atoms with Gasteiger partial charge in [0.15, 0.2) is 11.5 Å². The van der Waals surface area contributed by atoms with Crippen LogP contribution >= 0.6 is 0 Å². The average molecular weight is 314 g/mol. The van der Waals surface area contributed by atoms with Crippen molar-refractivity contribution in [3.63, 3.8) is 0 Å². The molecule has 0 bridgehead atoms. The number of benzene rings is 1. The molecule has 1 heterocycles. The molecule has 23 heavy (non-hydrogen) atoms. The summed E-state index contributed by atoms with van der Waals surface area (Å²) < 4.78 is 10.6. The van der Waals surface area contributed by atoms with Gasteiger partial charge in [-0.3, -0.25) is 4.98 Å². The first-order chi connectivity index (χ1) is 11.0. The molecule has 2 aromatic rings. The van der Waals surface area contributed by atoms with Crippen molar-refractivity contribution in [1.82, 2.24) is 10.3 Å². The van der Waals surface area contributed by atoms with E-state index in [4.69, 9.17) is 9.47 Å². The minimum Gasteiger partial charge on any atom is -0.493 e. The first-order valence-electron chi connectivity index (χ1n) is 7.92. The van der Waals surface area contributed by atoms with Crippen LogP contribution in [0.15, 0.2) is 30.5 Å². The standard InChI is InChI=1S/C19H26N2O2/c1-13(2)19-14(3)8-16(12-21-19)11-20-10-15-6-7-17(22-4)18(9-15)23-5/h6-9,12-13,20H,10-11H2,1-5H3. The Hall–Kier alpha value is -2.07. The van der Waals surface area contributed by atoms with E-state index in [1.807, 2.05) is 24.4 Å². The molecule has 0 aliphatic carbocycles. The Morgan fingerprint density at radius 1 is 1.00 bits per heavy atom. The molecular weight excluding hydrogens is 288 g/mol. The van der Waals surface area contributed by atoms with Crippen LogP contribution in [0.2, 0.25) is 0 Å². The highest BCUT2D eigenvalue weighted by atomic mass is 16.5. The third kappa shape index (κ3) is 4.45. The number of rotatable bonds is 7. The molecule has 0 aliphatic heterocycles. The maximum absolute atomic E-state index is 5.33. The molecule has 0 saturated heterocycles. The van der Waals surface area contributed by atoms with Crippen molar-refractivity contribution >= 4 is 0 Å². The second kappa shape index (κ2) is 7.97. The minimum absolute atomic E-state index is 0.462. The number of nitrogens with one attached hydrogen (secondary N) is 1. The summed E-state index contributed by atoms with van der Waals surface area (Å²) in [5.74, 6) is 1.97. The second-order valence-corrected chi connectivity index (χ2v) is 5.99. The molecule has 0 fully saturated rings. The zero-order valence-corrected chi connectivity index (χ0v) is 14.6. The van der Waals surface area contributed by atoms with E-state index >= 15 is 0 Å². The van der Waals surface area contributed by atoms with E-state index in [1.54, 1.807) is 14.2 Å². The van der Waals surface area contributed by atoms with Crippen LogP contribution < -0.4 is 14.8 Å². The van der Waals surface area contributed by atoms with Crippen molar-refractivity contribution in [2.24, 2.45) is 0 Å². The van der Waals surface area contributed by atoms with Crippen molar-refractivity contribution in [3.05, 3.63) is 52.8 Å². The first kappa shape index (κ1) is 17.3. The van der Waals surface area contributed by atoms with Crippen LogP contribution in [-0.4, -0.2) is 19.2 Å². The second-order valence-electron chi connectivity index (χ2n) is 5.99. The van der Waals surface area contributed by atoms with Gasteiger partial charge in [-0.25, -0.2) is 0 Å². The molecule has 0 aliphatic rings. The predicted octanol–water partition coefficient (Wildman–Crippen LogP) is 3.82. The summed E-state index contributed by atoms with van der Waals surface area (Å²) in [6.45, 7) is 8.03. The van der Waals surface area contributed by atoms with Crippen molar-refractivity contribution in [2.45, 2.75) is 39.8 Å². The molecule has 0 spiro atoms. The highest BCUT2D eigenvalue weighted by molar-refractivity contribution is 5.42. The van der Waals surface area contributed by atoms with Crippen molar-refractivity contribution in [1.29, 1.82) is 0 Å². The molecule has 0 unspecified atom stereocenters. The number of aromatic nitrogens is 1. The van der Waals surface area contributed by atoms with Gasteiger partial charge in [0.2, 0.25) is 0 Å². The molecule has 1 aromatic heterocycles. The van der Waals surface area contributed by atoms with E-state index in [0.717, 1.165) is 30.2 Å². The number of aryl methyl sites for hydroxylation is 1. The van der Waals surface area contributed by atoms with Crippen molar-refractivity contribution in [2.75, 3.05) is 14.2 Å². The smallest absolute Gasteiger partial charge is 0.161 e. The number of ether oxygens (including phenoxy) is 2. The lowest BCUT2D eigenvalue weighted by molar-refractivity contribution is 0.354. The Balaban J connectivity index is 1.96. The molecule has 4 heteroatoms. The van der Waals surface area contributed by atoms with E-state index in [-0.39, 0.29) is 0 Å². The lowest BCUT2D eigenvalue weighted by Gasteiger charge is -2.12. The molecule has 1 aromatic carbocycles. The Morgan fingerprint density at radius 3 is 2.30 bits per heavy atom. The average Bonchev–Trinajstić information content (AvgIpc) is 2.54. The first-order valence-corrected chi connectivity index (χ1v) is 7.92. The zero-order valence-electron chi connectivity index (χ0n) is 14.6. The van der Waals surface area contributed by atoms with Gasteiger partial charge in [0.05, 0.1) is 14.2 Å². The Kier molecular flexibility index (Phi) is 5.99. The highest BCUT2D eigenvalue weighted by Crippen LogP contribution is 2.27. The quantitative estimate of drug-likeness (QED) is 0.844. The molecule has 1 N–H and O–H groups in total. The maximum atomic E-state index is 5.33. The summed E-state index contributed by atoms with van der Waals surface area (Å²) in [5, 5.41) is 3.45. The fraction of sp³-hybridized carbons (Fsp3) is 0.421. The summed E-state index contributed by atoms with van der Waals surface area (Å²) in [4.78, 5) is 4.58. The van der Waals surface area contributed by atoms with E-state index in [1.165, 1.54) is 16.8 Å². The molecule has 4 nitrogen and oxygen atoms in total. The van der Waals surface area contributed by atoms with E-state index in [0.29, 0.717) is 5.92 Å². The lowest BCUT2D eigenvalue weighted by atomic mass is 10.0. The van der Waals surface area contributed by atoms with Gasteiger partial charge in [-0.2, -0.15) is 0 Å². The molecule has 0 atom stereocenters. The number of pyridine rings is 1. The van der Waals surface area contributed by atoms with Gasteiger partial charge in [-0.15, -0.1) is 0 Å². The molecule has 124 valence electrons. The number of methoxy groups -OCH3 is 2. The van der Waals surface area contributed by atoms with Crippen LogP contribution in [0.4, 0.5) is 0 Å². The van der Waals surface area contributed by atoms with E-state index in [9.17, 15) is 0 Å². The van der Waals surface area contributed by atoms with Gasteiger partial charge < -0.3 is 14.8 Å². The van der Waals surface area contributed by atoms with Crippen LogP contribution in [0.1, 0.15) is 42.1 Å². The van der Waals surface area contributed by atoms with Crippen LogP contribution in [0.25, 0.3) is 0 Å². The number of hydrogen-bond donors (Lipinski definition) is 1. The Labute approximate surface area is 138 Å². The van der Waals surface area contributed by atoms with Gasteiger partial charge in [-0.05, 0) is 41.7 Å². The normalized spacial score (nSPS) is 10.9. The lowest BCUT2D eigenvalue weighted by Crippen LogP contribution is -2.13. The molecule has 0 saturated carbocycles. The fourth-order valence-electron chi connectivity index (χ4n) is 2.69. The number of hydrogen-bond acceptors (Lipinski definition) is 4. The van der Waals surface area contributed by atoms with Crippen LogP contribution in [0, 0.1) is 6.92 Å².